The van der Waals surface area contributed by atoms with Crippen molar-refractivity contribution in [3.63, 3.8) is 0 Å². The SMILES string of the molecule is Cc1ccc(OCC(=O)c2ccc3c(c2)N(CC(=O)NCCN(C)C)C(=O)CO3)cc1C. The molecular formula is C24H29N3O5. The number of aryl methyl sites for hydroxylation is 2. The number of carbonyl (C=O) groups is 3. The van der Waals surface area contributed by atoms with Crippen molar-refractivity contribution in [2.75, 3.05) is 51.8 Å². The van der Waals surface area contributed by atoms with Gasteiger partial charge in [-0.3, -0.25) is 19.3 Å². The topological polar surface area (TPSA) is 88.2 Å². The molecule has 0 radical (unpaired) electrons. The molecule has 32 heavy (non-hydrogen) atoms. The van der Waals surface area contributed by atoms with Crippen molar-refractivity contribution in [1.29, 1.82) is 0 Å². The number of rotatable bonds is 9. The van der Waals surface area contributed by atoms with Gasteiger partial charge in [0, 0.05) is 18.7 Å². The highest BCUT2D eigenvalue weighted by molar-refractivity contribution is 6.04. The van der Waals surface area contributed by atoms with Crippen LogP contribution in [-0.4, -0.2) is 69.4 Å². The lowest BCUT2D eigenvalue weighted by molar-refractivity contribution is -0.125. The van der Waals surface area contributed by atoms with Gasteiger partial charge in [-0.2, -0.15) is 0 Å². The summed E-state index contributed by atoms with van der Waals surface area (Å²) < 4.78 is 11.1. The molecule has 0 unspecified atom stereocenters. The van der Waals surface area contributed by atoms with Crippen LogP contribution in [-0.2, 0) is 9.59 Å². The normalized spacial score (nSPS) is 12.9. The van der Waals surface area contributed by atoms with Crippen LogP contribution >= 0.6 is 0 Å². The standard InChI is InChI=1S/C24H29N3O5/c1-16-5-7-19(11-17(16)2)31-14-21(28)18-6-8-22-20(12-18)27(24(30)15-32-22)13-23(29)25-9-10-26(3)4/h5-8,11-12H,9-10,13-15H2,1-4H3,(H,25,29). The number of amides is 2. The first-order valence-corrected chi connectivity index (χ1v) is 10.5. The predicted molar refractivity (Wildman–Crippen MR) is 122 cm³/mol. The molecule has 1 heterocycles. The van der Waals surface area contributed by atoms with Gasteiger partial charge in [0.05, 0.1) is 5.69 Å². The Kier molecular flexibility index (Phi) is 7.48. The summed E-state index contributed by atoms with van der Waals surface area (Å²) in [7, 11) is 3.83. The molecule has 0 bridgehead atoms. The number of nitrogens with one attached hydrogen (secondary N) is 1. The molecule has 2 aromatic carbocycles. The fourth-order valence-electron chi connectivity index (χ4n) is 3.20. The minimum atomic E-state index is -0.337. The second kappa shape index (κ2) is 10.3. The minimum absolute atomic E-state index is 0.138. The quantitative estimate of drug-likeness (QED) is 0.601. The van der Waals surface area contributed by atoms with Crippen molar-refractivity contribution in [3.8, 4) is 11.5 Å². The van der Waals surface area contributed by atoms with Crippen molar-refractivity contribution in [2.24, 2.45) is 0 Å². The summed E-state index contributed by atoms with van der Waals surface area (Å²) in [6.45, 7) is 4.73. The van der Waals surface area contributed by atoms with E-state index < -0.39 is 0 Å². The van der Waals surface area contributed by atoms with E-state index in [-0.39, 0.29) is 37.4 Å². The summed E-state index contributed by atoms with van der Waals surface area (Å²) >= 11 is 0. The Labute approximate surface area is 188 Å². The number of hydrogen-bond donors (Lipinski definition) is 1. The van der Waals surface area contributed by atoms with Crippen molar-refractivity contribution < 1.29 is 23.9 Å². The minimum Gasteiger partial charge on any atom is -0.485 e. The van der Waals surface area contributed by atoms with E-state index in [0.717, 1.165) is 11.1 Å². The van der Waals surface area contributed by atoms with Gasteiger partial charge < -0.3 is 19.7 Å². The van der Waals surface area contributed by atoms with Gasteiger partial charge in [-0.25, -0.2) is 0 Å². The van der Waals surface area contributed by atoms with Crippen molar-refractivity contribution in [3.05, 3.63) is 53.1 Å². The lowest BCUT2D eigenvalue weighted by Gasteiger charge is -2.29. The first kappa shape index (κ1) is 23.3. The molecule has 0 saturated heterocycles. The Bertz CT molecular complexity index is 1020. The number of likely N-dealkylation sites (N-methyl/N-ethyl adjacent to an activating group) is 1. The fraction of sp³-hybridized carbons (Fsp3) is 0.375. The molecule has 1 N–H and O–H groups in total. The van der Waals surface area contributed by atoms with Gasteiger partial charge in [0.1, 0.15) is 18.0 Å². The van der Waals surface area contributed by atoms with Gasteiger partial charge in [0.25, 0.3) is 5.91 Å². The maximum Gasteiger partial charge on any atom is 0.265 e. The third-order valence-electron chi connectivity index (χ3n) is 5.26. The van der Waals surface area contributed by atoms with E-state index in [2.05, 4.69) is 5.32 Å². The van der Waals surface area contributed by atoms with Gasteiger partial charge in [0.2, 0.25) is 5.91 Å². The lowest BCUT2D eigenvalue weighted by Crippen LogP contribution is -2.46. The van der Waals surface area contributed by atoms with Crippen LogP contribution in [0.2, 0.25) is 0 Å². The second-order valence-electron chi connectivity index (χ2n) is 8.06. The summed E-state index contributed by atoms with van der Waals surface area (Å²) in [5, 5.41) is 2.79. The average Bonchev–Trinajstić information content (AvgIpc) is 2.75. The molecule has 170 valence electrons. The third-order valence-corrected chi connectivity index (χ3v) is 5.26. The number of benzene rings is 2. The molecule has 8 nitrogen and oxygen atoms in total. The highest BCUT2D eigenvalue weighted by Crippen LogP contribution is 2.33. The van der Waals surface area contributed by atoms with Crippen LogP contribution in [0.4, 0.5) is 5.69 Å². The number of Topliss-reactive ketones (excluding diaryl/α,β-unsaturated/α-hetero) is 1. The number of ketones is 1. The molecular weight excluding hydrogens is 410 g/mol. The van der Waals surface area contributed by atoms with Gasteiger partial charge in [-0.15, -0.1) is 0 Å². The maximum absolute atomic E-state index is 12.7. The second-order valence-corrected chi connectivity index (χ2v) is 8.06. The summed E-state index contributed by atoms with van der Waals surface area (Å²) in [6, 6.07) is 10.5. The first-order valence-electron chi connectivity index (χ1n) is 10.5. The Hall–Kier alpha value is -3.39. The van der Waals surface area contributed by atoms with Crippen LogP contribution < -0.4 is 19.7 Å². The smallest absolute Gasteiger partial charge is 0.265 e. The highest BCUT2D eigenvalue weighted by Gasteiger charge is 2.28. The van der Waals surface area contributed by atoms with Crippen molar-refractivity contribution in [1.82, 2.24) is 10.2 Å². The summed E-state index contributed by atoms with van der Waals surface area (Å²) in [4.78, 5) is 40.8. The van der Waals surface area contributed by atoms with Crippen LogP contribution in [0.15, 0.2) is 36.4 Å². The molecule has 3 rings (SSSR count). The molecule has 2 aromatic rings. The number of hydrogen-bond acceptors (Lipinski definition) is 6. The Balaban J connectivity index is 1.69. The Morgan fingerprint density at radius 2 is 1.91 bits per heavy atom. The molecule has 1 aliphatic heterocycles. The molecule has 8 heteroatoms. The molecule has 0 saturated carbocycles. The summed E-state index contributed by atoms with van der Waals surface area (Å²) in [6.07, 6.45) is 0. The van der Waals surface area contributed by atoms with E-state index in [1.54, 1.807) is 18.2 Å². The zero-order valence-corrected chi connectivity index (χ0v) is 18.9. The van der Waals surface area contributed by atoms with Crippen LogP contribution in [0.3, 0.4) is 0 Å². The zero-order chi connectivity index (χ0) is 23.3. The molecule has 0 fully saturated rings. The van der Waals surface area contributed by atoms with E-state index in [1.807, 2.05) is 51.0 Å². The van der Waals surface area contributed by atoms with Gasteiger partial charge in [-0.05, 0) is 69.4 Å². The van der Waals surface area contributed by atoms with Crippen molar-refractivity contribution >= 4 is 23.3 Å². The number of nitrogens with zero attached hydrogens (tertiary/aromatic N) is 2. The number of ether oxygens (including phenoxy) is 2. The van der Waals surface area contributed by atoms with Crippen LogP contribution in [0.5, 0.6) is 11.5 Å². The lowest BCUT2D eigenvalue weighted by atomic mass is 10.1. The first-order chi connectivity index (χ1) is 15.2. The predicted octanol–water partition coefficient (Wildman–Crippen LogP) is 1.97. The van der Waals surface area contributed by atoms with Crippen LogP contribution in [0.1, 0.15) is 21.5 Å². The third kappa shape index (κ3) is 5.85. The summed E-state index contributed by atoms with van der Waals surface area (Å²) in [5.41, 5.74) is 3.01. The highest BCUT2D eigenvalue weighted by atomic mass is 16.5. The van der Waals surface area contributed by atoms with Gasteiger partial charge in [0.15, 0.2) is 19.0 Å². The number of anilines is 1. The van der Waals surface area contributed by atoms with Gasteiger partial charge in [-0.1, -0.05) is 6.07 Å². The van der Waals surface area contributed by atoms with E-state index in [4.69, 9.17) is 9.47 Å². The Morgan fingerprint density at radius 1 is 1.12 bits per heavy atom. The number of carbonyl (C=O) groups excluding carboxylic acids is 3. The molecule has 1 aliphatic rings. The monoisotopic (exact) mass is 439 g/mol. The van der Waals surface area contributed by atoms with E-state index in [9.17, 15) is 14.4 Å². The maximum atomic E-state index is 12.7. The molecule has 0 atom stereocenters. The van der Waals surface area contributed by atoms with Crippen molar-refractivity contribution in [2.45, 2.75) is 13.8 Å². The molecule has 0 spiro atoms. The molecule has 2 amide bonds. The van der Waals surface area contributed by atoms with E-state index in [0.29, 0.717) is 35.8 Å². The van der Waals surface area contributed by atoms with Crippen LogP contribution in [0.25, 0.3) is 0 Å². The number of fused-ring (bicyclic) bond motifs is 1. The van der Waals surface area contributed by atoms with Gasteiger partial charge >= 0.3 is 0 Å². The fourth-order valence-corrected chi connectivity index (χ4v) is 3.20. The largest absolute Gasteiger partial charge is 0.485 e. The average molecular weight is 440 g/mol. The molecule has 0 aromatic heterocycles. The van der Waals surface area contributed by atoms with Crippen LogP contribution in [0, 0.1) is 13.8 Å². The summed E-state index contributed by atoms with van der Waals surface area (Å²) in [5.74, 6) is 0.227. The van der Waals surface area contributed by atoms with E-state index in [1.165, 1.54) is 4.90 Å². The van der Waals surface area contributed by atoms with E-state index >= 15 is 0 Å². The zero-order valence-electron chi connectivity index (χ0n) is 18.9. The Morgan fingerprint density at radius 3 is 2.62 bits per heavy atom. The molecule has 0 aliphatic carbocycles.